The number of nitrogens with zero attached hydrogens (tertiary/aromatic N) is 2. The highest BCUT2D eigenvalue weighted by atomic mass is 35.5. The Morgan fingerprint density at radius 2 is 2.08 bits per heavy atom. The predicted octanol–water partition coefficient (Wildman–Crippen LogP) is 3.33. The minimum absolute atomic E-state index is 0.123. The van der Waals surface area contributed by atoms with Crippen molar-refractivity contribution in [3.8, 4) is 5.75 Å². The Morgan fingerprint density at radius 1 is 1.32 bits per heavy atom. The van der Waals surface area contributed by atoms with Crippen molar-refractivity contribution in [2.45, 2.75) is 6.54 Å². The highest BCUT2D eigenvalue weighted by Gasteiger charge is 2.13. The smallest absolute Gasteiger partial charge is 0.271 e. The first-order valence-corrected chi connectivity index (χ1v) is 7.82. The average molecular weight is 364 g/mol. The molecule has 0 atom stereocenters. The first kappa shape index (κ1) is 18.7. The third-order valence-corrected chi connectivity index (χ3v) is 3.75. The van der Waals surface area contributed by atoms with Gasteiger partial charge in [-0.2, -0.15) is 0 Å². The van der Waals surface area contributed by atoms with Crippen molar-refractivity contribution in [3.63, 3.8) is 0 Å². The molecule has 0 aliphatic carbocycles. The van der Waals surface area contributed by atoms with Crippen LogP contribution in [0.2, 0.25) is 5.02 Å². The summed E-state index contributed by atoms with van der Waals surface area (Å²) in [5.74, 6) is 0.495. The maximum Gasteiger partial charge on any atom is 0.271 e. The Balaban J connectivity index is 1.94. The number of hydrogen-bond donors (Lipinski definition) is 1. The number of ether oxygens (including phenoxy) is 1. The zero-order chi connectivity index (χ0) is 18.4. The summed E-state index contributed by atoms with van der Waals surface area (Å²) in [6.45, 7) is 0.711. The highest BCUT2D eigenvalue weighted by Crippen LogP contribution is 2.26. The molecule has 0 aromatic heterocycles. The van der Waals surface area contributed by atoms with Gasteiger partial charge in [0.1, 0.15) is 5.75 Å². The zero-order valence-electron chi connectivity index (χ0n) is 13.9. The minimum atomic E-state index is -0.542. The fourth-order valence-corrected chi connectivity index (χ4v) is 2.51. The Kier molecular flexibility index (Phi) is 6.32. The molecular formula is C17H18ClN3O4. The van der Waals surface area contributed by atoms with Gasteiger partial charge in [0.15, 0.2) is 0 Å². The molecule has 0 saturated heterocycles. The van der Waals surface area contributed by atoms with Crippen LogP contribution >= 0.6 is 11.6 Å². The third-order valence-electron chi connectivity index (χ3n) is 3.44. The summed E-state index contributed by atoms with van der Waals surface area (Å²) in [5, 5.41) is 13.5. The van der Waals surface area contributed by atoms with Crippen molar-refractivity contribution >= 4 is 28.9 Å². The van der Waals surface area contributed by atoms with E-state index in [1.54, 1.807) is 7.11 Å². The SMILES string of the molecule is COc1cccc(CN(C)CC(=O)Nc2ccc([N+](=O)[O-])cc2Cl)c1. The van der Waals surface area contributed by atoms with E-state index in [-0.39, 0.29) is 23.2 Å². The van der Waals surface area contributed by atoms with Gasteiger partial charge in [-0.15, -0.1) is 0 Å². The maximum absolute atomic E-state index is 12.1. The zero-order valence-corrected chi connectivity index (χ0v) is 14.6. The van der Waals surface area contributed by atoms with Gasteiger partial charge in [-0.1, -0.05) is 23.7 Å². The number of halogens is 1. The summed E-state index contributed by atoms with van der Waals surface area (Å²) in [4.78, 5) is 24.1. The molecule has 0 aliphatic heterocycles. The number of carbonyl (C=O) groups excluding carboxylic acids is 1. The van der Waals surface area contributed by atoms with Gasteiger partial charge in [-0.25, -0.2) is 0 Å². The number of likely N-dealkylation sites (N-methyl/N-ethyl adjacent to an activating group) is 1. The largest absolute Gasteiger partial charge is 0.497 e. The number of anilines is 1. The van der Waals surface area contributed by atoms with Crippen LogP contribution in [0, 0.1) is 10.1 Å². The van der Waals surface area contributed by atoms with Crippen LogP contribution in [0.3, 0.4) is 0 Å². The molecular weight excluding hydrogens is 346 g/mol. The van der Waals surface area contributed by atoms with Crippen molar-refractivity contribution in [2.75, 3.05) is 26.0 Å². The summed E-state index contributed by atoms with van der Waals surface area (Å²) in [6, 6.07) is 11.5. The van der Waals surface area contributed by atoms with Crippen LogP contribution < -0.4 is 10.1 Å². The summed E-state index contributed by atoms with van der Waals surface area (Å²) in [6.07, 6.45) is 0. The Morgan fingerprint density at radius 3 is 2.72 bits per heavy atom. The quantitative estimate of drug-likeness (QED) is 0.602. The van der Waals surface area contributed by atoms with Crippen LogP contribution in [-0.4, -0.2) is 36.4 Å². The second-order valence-corrected chi connectivity index (χ2v) is 5.90. The molecule has 0 fully saturated rings. The monoisotopic (exact) mass is 363 g/mol. The van der Waals surface area contributed by atoms with E-state index in [1.807, 2.05) is 36.2 Å². The maximum atomic E-state index is 12.1. The number of rotatable bonds is 7. The summed E-state index contributed by atoms with van der Waals surface area (Å²) >= 11 is 5.97. The number of benzene rings is 2. The van der Waals surface area contributed by atoms with Crippen LogP contribution in [0.1, 0.15) is 5.56 Å². The summed E-state index contributed by atoms with van der Waals surface area (Å²) in [7, 11) is 3.42. The lowest BCUT2D eigenvalue weighted by molar-refractivity contribution is -0.384. The Hall–Kier alpha value is -2.64. The van der Waals surface area contributed by atoms with Crippen LogP contribution in [0.5, 0.6) is 5.75 Å². The number of nitrogens with one attached hydrogen (secondary N) is 1. The number of non-ortho nitro benzene ring substituents is 1. The first-order chi connectivity index (χ1) is 11.9. The standard InChI is InChI=1S/C17H18ClN3O4/c1-20(10-12-4-3-5-14(8-12)25-2)11-17(22)19-16-7-6-13(21(23)24)9-15(16)18/h3-9H,10-11H2,1-2H3,(H,19,22). The topological polar surface area (TPSA) is 84.7 Å². The average Bonchev–Trinajstić information content (AvgIpc) is 2.56. The van der Waals surface area contributed by atoms with E-state index in [4.69, 9.17) is 16.3 Å². The van der Waals surface area contributed by atoms with E-state index in [1.165, 1.54) is 18.2 Å². The molecule has 0 spiro atoms. The fraction of sp³-hybridized carbons (Fsp3) is 0.235. The van der Waals surface area contributed by atoms with Crippen molar-refractivity contribution in [1.82, 2.24) is 4.90 Å². The van der Waals surface area contributed by atoms with Gasteiger partial charge >= 0.3 is 0 Å². The van der Waals surface area contributed by atoms with Crippen LogP contribution in [0.15, 0.2) is 42.5 Å². The lowest BCUT2D eigenvalue weighted by atomic mass is 10.2. The summed E-state index contributed by atoms with van der Waals surface area (Å²) in [5.41, 5.74) is 1.23. The Labute approximate surface area is 150 Å². The van der Waals surface area contributed by atoms with Gasteiger partial charge in [-0.05, 0) is 30.8 Å². The molecule has 1 N–H and O–H groups in total. The van der Waals surface area contributed by atoms with Crippen molar-refractivity contribution < 1.29 is 14.5 Å². The van der Waals surface area contributed by atoms with Gasteiger partial charge in [-0.3, -0.25) is 19.8 Å². The van der Waals surface area contributed by atoms with Gasteiger partial charge < -0.3 is 10.1 Å². The van der Waals surface area contributed by atoms with E-state index in [2.05, 4.69) is 5.32 Å². The molecule has 0 heterocycles. The van der Waals surface area contributed by atoms with E-state index in [9.17, 15) is 14.9 Å². The molecule has 0 saturated carbocycles. The molecule has 2 aromatic rings. The lowest BCUT2D eigenvalue weighted by Gasteiger charge is -2.17. The van der Waals surface area contributed by atoms with E-state index >= 15 is 0 Å². The summed E-state index contributed by atoms with van der Waals surface area (Å²) < 4.78 is 5.18. The molecule has 8 heteroatoms. The molecule has 0 aliphatic rings. The van der Waals surface area contributed by atoms with Crippen LogP contribution in [0.4, 0.5) is 11.4 Å². The molecule has 2 aromatic carbocycles. The number of nitro benzene ring substituents is 1. The minimum Gasteiger partial charge on any atom is -0.497 e. The molecule has 0 unspecified atom stereocenters. The number of nitro groups is 1. The molecule has 0 radical (unpaired) electrons. The van der Waals surface area contributed by atoms with Gasteiger partial charge in [0.25, 0.3) is 5.69 Å². The van der Waals surface area contributed by atoms with Crippen molar-refractivity contribution in [3.05, 3.63) is 63.2 Å². The van der Waals surface area contributed by atoms with Crippen LogP contribution in [0.25, 0.3) is 0 Å². The molecule has 132 valence electrons. The second-order valence-electron chi connectivity index (χ2n) is 5.49. The lowest BCUT2D eigenvalue weighted by Crippen LogP contribution is -2.29. The first-order valence-electron chi connectivity index (χ1n) is 7.44. The molecule has 1 amide bonds. The van der Waals surface area contributed by atoms with Crippen LogP contribution in [-0.2, 0) is 11.3 Å². The third kappa shape index (κ3) is 5.44. The van der Waals surface area contributed by atoms with Crippen molar-refractivity contribution in [1.29, 1.82) is 0 Å². The van der Waals surface area contributed by atoms with E-state index in [0.717, 1.165) is 11.3 Å². The second kappa shape index (κ2) is 8.46. The molecule has 25 heavy (non-hydrogen) atoms. The number of amides is 1. The molecule has 7 nitrogen and oxygen atoms in total. The fourth-order valence-electron chi connectivity index (χ4n) is 2.29. The van der Waals surface area contributed by atoms with Gasteiger partial charge in [0, 0.05) is 18.7 Å². The number of carbonyl (C=O) groups is 1. The number of methoxy groups -OCH3 is 1. The van der Waals surface area contributed by atoms with Gasteiger partial charge in [0.05, 0.1) is 29.3 Å². The predicted molar refractivity (Wildman–Crippen MR) is 96.1 cm³/mol. The Bertz CT molecular complexity index is 782. The molecule has 0 bridgehead atoms. The normalized spacial score (nSPS) is 10.6. The van der Waals surface area contributed by atoms with E-state index in [0.29, 0.717) is 12.2 Å². The van der Waals surface area contributed by atoms with Gasteiger partial charge in [0.2, 0.25) is 5.91 Å². The number of hydrogen-bond acceptors (Lipinski definition) is 5. The molecule has 2 rings (SSSR count). The van der Waals surface area contributed by atoms with Crippen molar-refractivity contribution in [2.24, 2.45) is 0 Å². The van der Waals surface area contributed by atoms with E-state index < -0.39 is 4.92 Å². The highest BCUT2D eigenvalue weighted by molar-refractivity contribution is 6.34.